The van der Waals surface area contributed by atoms with Gasteiger partial charge in [-0.1, -0.05) is 54.6 Å². The number of hydrogen-bond acceptors (Lipinski definition) is 5. The molecule has 3 aromatic carbocycles. The number of anilines is 1. The molecule has 1 N–H and O–H groups in total. The number of benzene rings is 3. The number of Topliss-reactive ketones (excluding diaryl/α,β-unsaturated/α-hetero) is 1. The van der Waals surface area contributed by atoms with Gasteiger partial charge in [0.25, 0.3) is 5.91 Å². The molecule has 6 heteroatoms. The summed E-state index contributed by atoms with van der Waals surface area (Å²) in [6.45, 7) is 1.06. The molecule has 6 nitrogen and oxygen atoms in total. The van der Waals surface area contributed by atoms with Crippen LogP contribution in [-0.2, 0) is 9.53 Å². The van der Waals surface area contributed by atoms with E-state index in [0.29, 0.717) is 17.0 Å². The molecule has 1 aromatic heterocycles. The molecule has 0 fully saturated rings. The minimum Gasteiger partial charge on any atom is -0.450 e. The number of amides is 1. The van der Waals surface area contributed by atoms with Gasteiger partial charge in [-0.05, 0) is 42.0 Å². The summed E-state index contributed by atoms with van der Waals surface area (Å²) in [5.74, 6) is -0.764. The Morgan fingerprint density at radius 2 is 1.61 bits per heavy atom. The van der Waals surface area contributed by atoms with Crippen molar-refractivity contribution in [2.75, 3.05) is 11.9 Å². The van der Waals surface area contributed by atoms with Crippen LogP contribution in [0, 0.1) is 0 Å². The smallest absolute Gasteiger partial charge is 0.374 e. The highest BCUT2D eigenvalue weighted by Gasteiger charge is 2.16. The maximum atomic E-state index is 12.2. The van der Waals surface area contributed by atoms with Gasteiger partial charge < -0.3 is 14.5 Å². The van der Waals surface area contributed by atoms with Crippen molar-refractivity contribution in [2.45, 2.75) is 6.92 Å². The predicted molar refractivity (Wildman–Crippen MR) is 117 cm³/mol. The Hall–Kier alpha value is -4.19. The molecule has 0 bridgehead atoms. The molecule has 1 heterocycles. The van der Waals surface area contributed by atoms with Gasteiger partial charge in [0.2, 0.25) is 5.76 Å². The first kappa shape index (κ1) is 20.1. The molecule has 0 saturated heterocycles. The zero-order chi connectivity index (χ0) is 21.8. The number of hydrogen-bond donors (Lipinski definition) is 1. The summed E-state index contributed by atoms with van der Waals surface area (Å²) in [5.41, 5.74) is 1.93. The average Bonchev–Trinajstić information content (AvgIpc) is 3.28. The fraction of sp³-hybridized carbons (Fsp3) is 0.0800. The van der Waals surface area contributed by atoms with Gasteiger partial charge in [0.1, 0.15) is 5.76 Å². The van der Waals surface area contributed by atoms with E-state index < -0.39 is 18.5 Å². The van der Waals surface area contributed by atoms with E-state index in [2.05, 4.69) is 5.32 Å². The molecule has 0 spiro atoms. The number of carbonyl (C=O) groups excluding carboxylic acids is 3. The van der Waals surface area contributed by atoms with Crippen LogP contribution in [0.3, 0.4) is 0 Å². The second-order valence-electron chi connectivity index (χ2n) is 6.98. The lowest BCUT2D eigenvalue weighted by molar-refractivity contribution is -0.119. The number of ether oxygens (including phenoxy) is 1. The van der Waals surface area contributed by atoms with Crippen molar-refractivity contribution in [1.29, 1.82) is 0 Å². The zero-order valence-electron chi connectivity index (χ0n) is 16.8. The fourth-order valence-corrected chi connectivity index (χ4v) is 3.14. The summed E-state index contributed by atoms with van der Waals surface area (Å²) in [6, 6.07) is 23.3. The Morgan fingerprint density at radius 3 is 2.35 bits per heavy atom. The van der Waals surface area contributed by atoms with Crippen molar-refractivity contribution in [2.24, 2.45) is 0 Å². The van der Waals surface area contributed by atoms with Gasteiger partial charge in [-0.25, -0.2) is 4.79 Å². The second kappa shape index (κ2) is 8.67. The van der Waals surface area contributed by atoms with E-state index in [-0.39, 0.29) is 11.5 Å². The molecule has 0 atom stereocenters. The number of esters is 1. The molecular formula is C25H19NO5. The van der Waals surface area contributed by atoms with Crippen LogP contribution < -0.4 is 5.32 Å². The monoisotopic (exact) mass is 413 g/mol. The van der Waals surface area contributed by atoms with Gasteiger partial charge in [0, 0.05) is 16.8 Å². The Kier molecular flexibility index (Phi) is 5.62. The van der Waals surface area contributed by atoms with Crippen LogP contribution in [0.1, 0.15) is 27.8 Å². The summed E-state index contributed by atoms with van der Waals surface area (Å²) < 4.78 is 10.6. The average molecular weight is 413 g/mol. The molecule has 0 aliphatic heterocycles. The van der Waals surface area contributed by atoms with Crippen LogP contribution in [0.15, 0.2) is 83.3 Å². The number of ketones is 1. The van der Waals surface area contributed by atoms with E-state index in [0.717, 1.165) is 16.3 Å². The fourth-order valence-electron chi connectivity index (χ4n) is 3.14. The summed E-state index contributed by atoms with van der Waals surface area (Å²) in [5, 5.41) is 4.78. The standard InChI is InChI=1S/C25H19NO5/c1-16(27)17-6-8-19(9-7-17)22-12-13-23(31-22)25(29)30-15-24(28)26-21-11-10-18-4-2-3-5-20(18)14-21/h2-14H,15H2,1H3,(H,26,28). The molecule has 0 aliphatic carbocycles. The van der Waals surface area contributed by atoms with Crippen LogP contribution in [0.2, 0.25) is 0 Å². The third-order valence-corrected chi connectivity index (χ3v) is 4.75. The van der Waals surface area contributed by atoms with Crippen molar-refractivity contribution >= 4 is 34.1 Å². The lowest BCUT2D eigenvalue weighted by Gasteiger charge is -2.07. The Balaban J connectivity index is 1.35. The van der Waals surface area contributed by atoms with E-state index in [1.807, 2.05) is 36.4 Å². The zero-order valence-corrected chi connectivity index (χ0v) is 16.8. The Labute approximate surface area is 178 Å². The van der Waals surface area contributed by atoms with Gasteiger partial charge >= 0.3 is 5.97 Å². The number of nitrogens with one attached hydrogen (secondary N) is 1. The minimum atomic E-state index is -0.736. The van der Waals surface area contributed by atoms with E-state index >= 15 is 0 Å². The van der Waals surface area contributed by atoms with Crippen LogP contribution >= 0.6 is 0 Å². The number of fused-ring (bicyclic) bond motifs is 1. The number of rotatable bonds is 6. The van der Waals surface area contributed by atoms with Gasteiger partial charge in [0.15, 0.2) is 12.4 Å². The van der Waals surface area contributed by atoms with Crippen molar-refractivity contribution in [1.82, 2.24) is 0 Å². The third kappa shape index (κ3) is 4.70. The quantitative estimate of drug-likeness (QED) is 0.351. The first-order valence-electron chi connectivity index (χ1n) is 9.66. The summed E-state index contributed by atoms with van der Waals surface area (Å²) in [4.78, 5) is 35.7. The van der Waals surface area contributed by atoms with Crippen molar-refractivity contribution < 1.29 is 23.5 Å². The van der Waals surface area contributed by atoms with Crippen molar-refractivity contribution in [3.05, 3.63) is 90.2 Å². The summed E-state index contributed by atoms with van der Waals surface area (Å²) >= 11 is 0. The van der Waals surface area contributed by atoms with E-state index in [1.54, 1.807) is 36.4 Å². The molecule has 154 valence electrons. The highest BCUT2D eigenvalue weighted by molar-refractivity contribution is 5.97. The van der Waals surface area contributed by atoms with Crippen molar-refractivity contribution in [3.8, 4) is 11.3 Å². The van der Waals surface area contributed by atoms with Crippen LogP contribution in [0.5, 0.6) is 0 Å². The summed E-state index contributed by atoms with van der Waals surface area (Å²) in [6.07, 6.45) is 0. The summed E-state index contributed by atoms with van der Waals surface area (Å²) in [7, 11) is 0. The van der Waals surface area contributed by atoms with Gasteiger partial charge in [-0.2, -0.15) is 0 Å². The number of carbonyl (C=O) groups is 3. The maximum Gasteiger partial charge on any atom is 0.374 e. The first-order chi connectivity index (χ1) is 15.0. The molecular weight excluding hydrogens is 394 g/mol. The van der Waals surface area contributed by atoms with Crippen LogP contribution in [-0.4, -0.2) is 24.3 Å². The minimum absolute atomic E-state index is 0.0100. The highest BCUT2D eigenvalue weighted by Crippen LogP contribution is 2.23. The topological polar surface area (TPSA) is 85.6 Å². The first-order valence-corrected chi connectivity index (χ1v) is 9.66. The third-order valence-electron chi connectivity index (χ3n) is 4.75. The van der Waals surface area contributed by atoms with Crippen LogP contribution in [0.4, 0.5) is 5.69 Å². The molecule has 0 unspecified atom stereocenters. The molecule has 4 rings (SSSR count). The lowest BCUT2D eigenvalue weighted by atomic mass is 10.1. The normalized spacial score (nSPS) is 10.6. The number of furan rings is 1. The maximum absolute atomic E-state index is 12.2. The highest BCUT2D eigenvalue weighted by atomic mass is 16.5. The largest absolute Gasteiger partial charge is 0.450 e. The predicted octanol–water partition coefficient (Wildman–Crippen LogP) is 5.10. The van der Waals surface area contributed by atoms with E-state index in [1.165, 1.54) is 13.0 Å². The van der Waals surface area contributed by atoms with Crippen molar-refractivity contribution in [3.63, 3.8) is 0 Å². The Bertz CT molecular complexity index is 1270. The van der Waals surface area contributed by atoms with E-state index in [4.69, 9.17) is 9.15 Å². The lowest BCUT2D eigenvalue weighted by Crippen LogP contribution is -2.20. The van der Waals surface area contributed by atoms with Gasteiger partial charge in [-0.3, -0.25) is 9.59 Å². The molecule has 31 heavy (non-hydrogen) atoms. The Morgan fingerprint density at radius 1 is 0.871 bits per heavy atom. The van der Waals surface area contributed by atoms with Gasteiger partial charge in [-0.15, -0.1) is 0 Å². The molecule has 4 aromatic rings. The van der Waals surface area contributed by atoms with Crippen LogP contribution in [0.25, 0.3) is 22.1 Å². The molecule has 0 saturated carbocycles. The molecule has 0 aliphatic rings. The molecule has 0 radical (unpaired) electrons. The SMILES string of the molecule is CC(=O)c1ccc(-c2ccc(C(=O)OCC(=O)Nc3ccc4ccccc4c3)o2)cc1. The van der Waals surface area contributed by atoms with Gasteiger partial charge in [0.05, 0.1) is 0 Å². The molecule has 1 amide bonds. The van der Waals surface area contributed by atoms with E-state index in [9.17, 15) is 14.4 Å². The second-order valence-corrected chi connectivity index (χ2v) is 6.98.